The van der Waals surface area contributed by atoms with Gasteiger partial charge in [0.2, 0.25) is 5.76 Å². The minimum Gasteiger partial charge on any atom is -0.351 e. The molecule has 0 radical (unpaired) electrons. The fraction of sp³-hybridized carbons (Fsp3) is 0.158. The van der Waals surface area contributed by atoms with Crippen molar-refractivity contribution in [2.24, 2.45) is 0 Å². The third-order valence-corrected chi connectivity index (χ3v) is 4.05. The van der Waals surface area contributed by atoms with Gasteiger partial charge in [0.1, 0.15) is 5.82 Å². The molecular formula is C19H16ClFN2O2. The number of carbonyl (C=O) groups is 1. The number of halogens is 2. The van der Waals surface area contributed by atoms with Crippen LogP contribution >= 0.6 is 11.6 Å². The lowest BCUT2D eigenvalue weighted by Gasteiger charge is -2.13. The van der Waals surface area contributed by atoms with Gasteiger partial charge in [0.15, 0.2) is 0 Å². The standard InChI is InChI=1S/C19H16ClFN2O2/c1-12(14-4-6-15(20)7-5-14)22-19(24)18-11-17(23-25-18)10-13-2-8-16(21)9-3-13/h2-9,11-12H,10H2,1H3,(H,22,24)/t12-/m0/s1. The van der Waals surface area contributed by atoms with E-state index in [1.165, 1.54) is 12.1 Å². The van der Waals surface area contributed by atoms with E-state index in [9.17, 15) is 9.18 Å². The molecule has 2 aromatic carbocycles. The summed E-state index contributed by atoms with van der Waals surface area (Å²) in [5.74, 6) is -0.501. The monoisotopic (exact) mass is 358 g/mol. The van der Waals surface area contributed by atoms with E-state index in [0.29, 0.717) is 17.1 Å². The molecule has 0 spiro atoms. The van der Waals surface area contributed by atoms with Crippen molar-refractivity contribution in [1.29, 1.82) is 0 Å². The number of carbonyl (C=O) groups excluding carboxylic acids is 1. The van der Waals surface area contributed by atoms with Gasteiger partial charge < -0.3 is 9.84 Å². The van der Waals surface area contributed by atoms with Crippen LogP contribution in [0.15, 0.2) is 59.1 Å². The number of benzene rings is 2. The van der Waals surface area contributed by atoms with Crippen LogP contribution < -0.4 is 5.32 Å². The maximum Gasteiger partial charge on any atom is 0.290 e. The van der Waals surface area contributed by atoms with Crippen molar-refractivity contribution < 1.29 is 13.7 Å². The molecule has 0 fully saturated rings. The SMILES string of the molecule is C[C@H](NC(=O)c1cc(Cc2ccc(F)cc2)no1)c1ccc(Cl)cc1. The Morgan fingerprint density at radius 1 is 1.20 bits per heavy atom. The molecule has 1 heterocycles. The molecule has 25 heavy (non-hydrogen) atoms. The molecule has 0 aliphatic carbocycles. The van der Waals surface area contributed by atoms with Gasteiger partial charge in [-0.15, -0.1) is 0 Å². The highest BCUT2D eigenvalue weighted by Crippen LogP contribution is 2.17. The summed E-state index contributed by atoms with van der Waals surface area (Å²) in [4.78, 5) is 12.3. The van der Waals surface area contributed by atoms with Crippen LogP contribution in [0.25, 0.3) is 0 Å². The Balaban J connectivity index is 1.63. The van der Waals surface area contributed by atoms with Crippen LogP contribution in [-0.2, 0) is 6.42 Å². The lowest BCUT2D eigenvalue weighted by Crippen LogP contribution is -2.26. The maximum absolute atomic E-state index is 12.9. The van der Waals surface area contributed by atoms with Crippen LogP contribution in [-0.4, -0.2) is 11.1 Å². The lowest BCUT2D eigenvalue weighted by atomic mass is 10.1. The Bertz CT molecular complexity index is 860. The second kappa shape index (κ2) is 7.49. The highest BCUT2D eigenvalue weighted by atomic mass is 35.5. The number of nitrogens with zero attached hydrogens (tertiary/aromatic N) is 1. The van der Waals surface area contributed by atoms with Crippen molar-refractivity contribution in [2.45, 2.75) is 19.4 Å². The Labute approximate surface area is 149 Å². The van der Waals surface area contributed by atoms with Gasteiger partial charge >= 0.3 is 0 Å². The van der Waals surface area contributed by atoms with Gasteiger partial charge in [-0.25, -0.2) is 4.39 Å². The Kier molecular flexibility index (Phi) is 5.14. The Morgan fingerprint density at radius 3 is 2.56 bits per heavy atom. The molecule has 6 heteroatoms. The van der Waals surface area contributed by atoms with Gasteiger partial charge in [0.25, 0.3) is 5.91 Å². The molecule has 1 N–H and O–H groups in total. The third kappa shape index (κ3) is 4.45. The molecule has 3 aromatic rings. The third-order valence-electron chi connectivity index (χ3n) is 3.80. The van der Waals surface area contributed by atoms with Crippen LogP contribution in [0.3, 0.4) is 0 Å². The van der Waals surface area contributed by atoms with E-state index < -0.39 is 0 Å². The number of hydrogen-bond acceptors (Lipinski definition) is 3. The van der Waals surface area contributed by atoms with Crippen molar-refractivity contribution >= 4 is 17.5 Å². The summed E-state index contributed by atoms with van der Waals surface area (Å²) in [6, 6.07) is 14.8. The van der Waals surface area contributed by atoms with Crippen molar-refractivity contribution in [1.82, 2.24) is 10.5 Å². The number of hydrogen-bond donors (Lipinski definition) is 1. The van der Waals surface area contributed by atoms with Crippen LogP contribution in [0.1, 0.15) is 40.3 Å². The maximum atomic E-state index is 12.9. The first-order valence-corrected chi connectivity index (χ1v) is 8.15. The minimum atomic E-state index is -0.347. The predicted octanol–water partition coefficient (Wildman–Crippen LogP) is 4.55. The first-order valence-electron chi connectivity index (χ1n) is 7.77. The number of rotatable bonds is 5. The zero-order chi connectivity index (χ0) is 17.8. The Hall–Kier alpha value is -2.66. The summed E-state index contributed by atoms with van der Waals surface area (Å²) in [6.45, 7) is 1.87. The normalized spacial score (nSPS) is 12.0. The first-order chi connectivity index (χ1) is 12.0. The topological polar surface area (TPSA) is 55.1 Å². The summed E-state index contributed by atoms with van der Waals surface area (Å²) < 4.78 is 18.0. The molecular weight excluding hydrogens is 343 g/mol. The van der Waals surface area contributed by atoms with E-state index in [0.717, 1.165) is 11.1 Å². The molecule has 3 rings (SSSR count). The van der Waals surface area contributed by atoms with E-state index in [2.05, 4.69) is 10.5 Å². The zero-order valence-corrected chi connectivity index (χ0v) is 14.3. The molecule has 0 unspecified atom stereocenters. The fourth-order valence-corrected chi connectivity index (χ4v) is 2.54. The highest BCUT2D eigenvalue weighted by molar-refractivity contribution is 6.30. The highest BCUT2D eigenvalue weighted by Gasteiger charge is 2.16. The van der Waals surface area contributed by atoms with E-state index in [4.69, 9.17) is 16.1 Å². The second-order valence-corrected chi connectivity index (χ2v) is 6.17. The molecule has 0 aliphatic heterocycles. The molecule has 0 bridgehead atoms. The number of nitrogens with one attached hydrogen (secondary N) is 1. The first kappa shape index (κ1) is 17.2. The van der Waals surface area contributed by atoms with E-state index in [1.54, 1.807) is 30.3 Å². The van der Waals surface area contributed by atoms with Gasteiger partial charge in [0.05, 0.1) is 11.7 Å². The minimum absolute atomic E-state index is 0.137. The molecule has 0 saturated carbocycles. The van der Waals surface area contributed by atoms with Crippen molar-refractivity contribution in [3.63, 3.8) is 0 Å². The smallest absolute Gasteiger partial charge is 0.290 e. The molecule has 1 amide bonds. The van der Waals surface area contributed by atoms with Gasteiger partial charge in [-0.05, 0) is 42.3 Å². The van der Waals surface area contributed by atoms with Crippen LogP contribution in [0.4, 0.5) is 4.39 Å². The summed E-state index contributed by atoms with van der Waals surface area (Å²) in [6.07, 6.45) is 0.462. The van der Waals surface area contributed by atoms with E-state index >= 15 is 0 Å². The van der Waals surface area contributed by atoms with Gasteiger partial charge in [-0.1, -0.05) is 41.0 Å². The second-order valence-electron chi connectivity index (χ2n) is 5.73. The zero-order valence-electron chi connectivity index (χ0n) is 13.5. The quantitative estimate of drug-likeness (QED) is 0.728. The molecule has 1 atom stereocenters. The van der Waals surface area contributed by atoms with Crippen molar-refractivity contribution in [3.05, 3.63) is 88.0 Å². The summed E-state index contributed by atoms with van der Waals surface area (Å²) in [5, 5.41) is 7.39. The van der Waals surface area contributed by atoms with Gasteiger partial charge in [-0.2, -0.15) is 0 Å². The summed E-state index contributed by atoms with van der Waals surface area (Å²) >= 11 is 5.86. The van der Waals surface area contributed by atoms with Gasteiger partial charge in [-0.3, -0.25) is 4.79 Å². The van der Waals surface area contributed by atoms with Crippen LogP contribution in [0, 0.1) is 5.82 Å². The van der Waals surface area contributed by atoms with Crippen LogP contribution in [0.2, 0.25) is 5.02 Å². The lowest BCUT2D eigenvalue weighted by molar-refractivity contribution is 0.0902. The fourth-order valence-electron chi connectivity index (χ4n) is 2.42. The van der Waals surface area contributed by atoms with E-state index in [-0.39, 0.29) is 23.5 Å². The van der Waals surface area contributed by atoms with Gasteiger partial charge in [0, 0.05) is 17.5 Å². The molecule has 0 aliphatic rings. The summed E-state index contributed by atoms with van der Waals surface area (Å²) in [7, 11) is 0. The average molecular weight is 359 g/mol. The largest absolute Gasteiger partial charge is 0.351 e. The van der Waals surface area contributed by atoms with Crippen LogP contribution in [0.5, 0.6) is 0 Å². The predicted molar refractivity (Wildman–Crippen MR) is 93.0 cm³/mol. The van der Waals surface area contributed by atoms with E-state index in [1.807, 2.05) is 19.1 Å². The summed E-state index contributed by atoms with van der Waals surface area (Å²) in [5.41, 5.74) is 2.43. The molecule has 128 valence electrons. The number of aromatic nitrogens is 1. The molecule has 0 saturated heterocycles. The average Bonchev–Trinajstić information content (AvgIpc) is 3.06. The van der Waals surface area contributed by atoms with Crippen molar-refractivity contribution in [2.75, 3.05) is 0 Å². The molecule has 4 nitrogen and oxygen atoms in total. The number of amides is 1. The molecule has 1 aromatic heterocycles. The van der Waals surface area contributed by atoms with Crippen molar-refractivity contribution in [3.8, 4) is 0 Å². The Morgan fingerprint density at radius 2 is 1.88 bits per heavy atom.